The highest BCUT2D eigenvalue weighted by Gasteiger charge is 2.57. The van der Waals surface area contributed by atoms with Crippen molar-refractivity contribution < 1.29 is 9.53 Å². The van der Waals surface area contributed by atoms with Crippen molar-refractivity contribution in [2.45, 2.75) is 32.7 Å². The molecule has 1 aromatic carbocycles. The molecule has 1 heterocycles. The van der Waals surface area contributed by atoms with Crippen LogP contribution in [0.25, 0.3) is 0 Å². The van der Waals surface area contributed by atoms with E-state index in [2.05, 4.69) is 10.6 Å². The summed E-state index contributed by atoms with van der Waals surface area (Å²) in [4.78, 5) is 12.3. The molecule has 2 fully saturated rings. The van der Waals surface area contributed by atoms with Crippen LogP contribution in [0.3, 0.4) is 0 Å². The van der Waals surface area contributed by atoms with Gasteiger partial charge in [0, 0.05) is 12.5 Å². The van der Waals surface area contributed by atoms with Crippen molar-refractivity contribution in [2.75, 3.05) is 19.7 Å². The Balaban J connectivity index is 1.48. The molecule has 1 atom stereocenters. The van der Waals surface area contributed by atoms with E-state index >= 15 is 0 Å². The summed E-state index contributed by atoms with van der Waals surface area (Å²) in [5.41, 5.74) is 1.43. The van der Waals surface area contributed by atoms with E-state index in [-0.39, 0.29) is 11.8 Å². The molecule has 0 bridgehead atoms. The summed E-state index contributed by atoms with van der Waals surface area (Å²) in [6.07, 6.45) is 3.37. The highest BCUT2D eigenvalue weighted by molar-refractivity contribution is 5.82. The van der Waals surface area contributed by atoms with Crippen molar-refractivity contribution in [3.8, 4) is 5.75 Å². The van der Waals surface area contributed by atoms with Crippen LogP contribution in [0.15, 0.2) is 24.3 Å². The third kappa shape index (κ3) is 3.21. The summed E-state index contributed by atoms with van der Waals surface area (Å²) in [5.74, 6) is 1.34. The molecule has 0 radical (unpaired) electrons. The van der Waals surface area contributed by atoms with Crippen LogP contribution in [0.4, 0.5) is 0 Å². The fourth-order valence-electron chi connectivity index (χ4n) is 3.38. The lowest BCUT2D eigenvalue weighted by Gasteiger charge is -2.23. The van der Waals surface area contributed by atoms with Crippen LogP contribution < -0.4 is 15.4 Å². The number of benzene rings is 1. The number of amides is 1. The van der Waals surface area contributed by atoms with E-state index in [1.807, 2.05) is 31.2 Å². The minimum atomic E-state index is 0.228. The highest BCUT2D eigenvalue weighted by atomic mass is 16.5. The smallest absolute Gasteiger partial charge is 0.223 e. The first-order chi connectivity index (χ1) is 10.2. The largest absolute Gasteiger partial charge is 0.494 e. The maximum absolute atomic E-state index is 12.3. The van der Waals surface area contributed by atoms with Crippen LogP contribution in [0.1, 0.15) is 31.7 Å². The second-order valence-electron chi connectivity index (χ2n) is 6.16. The molecule has 2 aliphatic rings. The van der Waals surface area contributed by atoms with E-state index in [0.29, 0.717) is 18.6 Å². The third-order valence-electron chi connectivity index (χ3n) is 4.81. The first-order valence-corrected chi connectivity index (χ1v) is 7.94. The minimum absolute atomic E-state index is 0.228. The molecule has 1 aliphatic carbocycles. The summed E-state index contributed by atoms with van der Waals surface area (Å²) in [6.45, 7) is 5.37. The lowest BCUT2D eigenvalue weighted by atomic mass is 9.92. The van der Waals surface area contributed by atoms with E-state index in [4.69, 9.17) is 4.74 Å². The zero-order valence-electron chi connectivity index (χ0n) is 12.7. The fourth-order valence-corrected chi connectivity index (χ4v) is 3.38. The highest BCUT2D eigenvalue weighted by Crippen LogP contribution is 2.58. The quantitative estimate of drug-likeness (QED) is 0.872. The van der Waals surface area contributed by atoms with Gasteiger partial charge in [0.25, 0.3) is 0 Å². The first kappa shape index (κ1) is 14.4. The number of rotatable bonds is 5. The molecule has 21 heavy (non-hydrogen) atoms. The molecule has 0 aromatic heterocycles. The summed E-state index contributed by atoms with van der Waals surface area (Å²) in [6, 6.07) is 7.93. The monoisotopic (exact) mass is 288 g/mol. The number of carbonyl (C=O) groups excluding carboxylic acids is 1. The SMILES string of the molecule is CCOc1ccc(CNC(=O)C2CC23CCNCC3)cc1. The summed E-state index contributed by atoms with van der Waals surface area (Å²) >= 11 is 0. The Morgan fingerprint density at radius 3 is 2.71 bits per heavy atom. The lowest BCUT2D eigenvalue weighted by Crippen LogP contribution is -2.33. The third-order valence-corrected chi connectivity index (χ3v) is 4.81. The molecule has 4 nitrogen and oxygen atoms in total. The van der Waals surface area contributed by atoms with Gasteiger partial charge in [0.15, 0.2) is 0 Å². The van der Waals surface area contributed by atoms with Gasteiger partial charge in [0.2, 0.25) is 5.91 Å². The van der Waals surface area contributed by atoms with Crippen molar-refractivity contribution in [1.29, 1.82) is 0 Å². The van der Waals surface area contributed by atoms with E-state index in [1.165, 1.54) is 0 Å². The Morgan fingerprint density at radius 2 is 2.05 bits per heavy atom. The minimum Gasteiger partial charge on any atom is -0.494 e. The number of carbonyl (C=O) groups is 1. The molecule has 4 heteroatoms. The maximum atomic E-state index is 12.3. The number of hydrogen-bond donors (Lipinski definition) is 2. The standard InChI is InChI=1S/C17H24N2O2/c1-2-21-14-5-3-13(4-6-14)12-19-16(20)15-11-17(15)7-9-18-10-8-17/h3-6,15,18H,2,7-12H2,1H3,(H,19,20). The molecule has 2 N–H and O–H groups in total. The predicted octanol–water partition coefficient (Wildman–Crippen LogP) is 2.09. The summed E-state index contributed by atoms with van der Waals surface area (Å²) < 4.78 is 5.42. The average molecular weight is 288 g/mol. The topological polar surface area (TPSA) is 50.4 Å². The Bertz CT molecular complexity index is 492. The maximum Gasteiger partial charge on any atom is 0.223 e. The Hall–Kier alpha value is -1.55. The Labute approximate surface area is 126 Å². The van der Waals surface area contributed by atoms with Gasteiger partial charge in [-0.15, -0.1) is 0 Å². The van der Waals surface area contributed by atoms with Gasteiger partial charge in [-0.05, 0) is 62.4 Å². The van der Waals surface area contributed by atoms with Gasteiger partial charge in [-0.25, -0.2) is 0 Å². The molecule has 1 saturated heterocycles. The molecule has 1 aromatic rings. The van der Waals surface area contributed by atoms with Crippen LogP contribution >= 0.6 is 0 Å². The molecule has 1 spiro atoms. The van der Waals surface area contributed by atoms with Crippen molar-refractivity contribution in [2.24, 2.45) is 11.3 Å². The number of piperidine rings is 1. The van der Waals surface area contributed by atoms with Crippen LogP contribution in [-0.2, 0) is 11.3 Å². The van der Waals surface area contributed by atoms with E-state index in [0.717, 1.165) is 43.7 Å². The number of hydrogen-bond acceptors (Lipinski definition) is 3. The fraction of sp³-hybridized carbons (Fsp3) is 0.588. The van der Waals surface area contributed by atoms with Gasteiger partial charge < -0.3 is 15.4 Å². The first-order valence-electron chi connectivity index (χ1n) is 7.94. The van der Waals surface area contributed by atoms with Crippen molar-refractivity contribution in [1.82, 2.24) is 10.6 Å². The van der Waals surface area contributed by atoms with Gasteiger partial charge >= 0.3 is 0 Å². The van der Waals surface area contributed by atoms with Crippen molar-refractivity contribution in [3.63, 3.8) is 0 Å². The second kappa shape index (κ2) is 6.06. The molecule has 3 rings (SSSR count). The average Bonchev–Trinajstić information content (AvgIpc) is 3.20. The van der Waals surface area contributed by atoms with Crippen molar-refractivity contribution >= 4 is 5.91 Å². The van der Waals surface area contributed by atoms with Crippen LogP contribution in [0.5, 0.6) is 5.75 Å². The van der Waals surface area contributed by atoms with Gasteiger partial charge in [-0.1, -0.05) is 12.1 Å². The Kier molecular flexibility index (Phi) is 4.15. The molecule has 114 valence electrons. The normalized spacial score (nSPS) is 22.8. The van der Waals surface area contributed by atoms with E-state index < -0.39 is 0 Å². The van der Waals surface area contributed by atoms with Crippen LogP contribution in [-0.4, -0.2) is 25.6 Å². The van der Waals surface area contributed by atoms with E-state index in [1.54, 1.807) is 0 Å². The van der Waals surface area contributed by atoms with Gasteiger partial charge in [-0.2, -0.15) is 0 Å². The van der Waals surface area contributed by atoms with Crippen molar-refractivity contribution in [3.05, 3.63) is 29.8 Å². The van der Waals surface area contributed by atoms with E-state index in [9.17, 15) is 4.79 Å². The molecule has 1 saturated carbocycles. The van der Waals surface area contributed by atoms with Gasteiger partial charge in [0.1, 0.15) is 5.75 Å². The number of nitrogens with one attached hydrogen (secondary N) is 2. The molecule has 1 amide bonds. The van der Waals surface area contributed by atoms with Gasteiger partial charge in [0.05, 0.1) is 6.61 Å². The number of ether oxygens (including phenoxy) is 1. The molecular weight excluding hydrogens is 264 g/mol. The molecule has 1 aliphatic heterocycles. The summed E-state index contributed by atoms with van der Waals surface area (Å²) in [7, 11) is 0. The summed E-state index contributed by atoms with van der Waals surface area (Å²) in [5, 5.41) is 6.45. The lowest BCUT2D eigenvalue weighted by molar-refractivity contribution is -0.123. The van der Waals surface area contributed by atoms with Crippen LogP contribution in [0.2, 0.25) is 0 Å². The zero-order chi connectivity index (χ0) is 14.7. The second-order valence-corrected chi connectivity index (χ2v) is 6.16. The van der Waals surface area contributed by atoms with Crippen LogP contribution in [0, 0.1) is 11.3 Å². The molecular formula is C17H24N2O2. The Morgan fingerprint density at radius 1 is 1.33 bits per heavy atom. The zero-order valence-corrected chi connectivity index (χ0v) is 12.7. The van der Waals surface area contributed by atoms with Gasteiger partial charge in [-0.3, -0.25) is 4.79 Å². The predicted molar refractivity (Wildman–Crippen MR) is 82.1 cm³/mol. The molecule has 1 unspecified atom stereocenters.